The smallest absolute Gasteiger partial charge is 0.248 e. The zero-order chi connectivity index (χ0) is 13.0. The molecule has 5 heteroatoms. The third-order valence-electron chi connectivity index (χ3n) is 2.18. The first-order chi connectivity index (χ1) is 8.69. The Morgan fingerprint density at radius 2 is 2.22 bits per heavy atom. The van der Waals surface area contributed by atoms with Crippen molar-refractivity contribution in [1.29, 1.82) is 0 Å². The average Bonchev–Trinajstić information content (AvgIpc) is 2.39. The van der Waals surface area contributed by atoms with Gasteiger partial charge in [0, 0.05) is 16.2 Å². The van der Waals surface area contributed by atoms with E-state index in [1.54, 1.807) is 12.3 Å². The minimum Gasteiger partial charge on any atom is -0.307 e. The molecule has 0 saturated heterocycles. The summed E-state index contributed by atoms with van der Waals surface area (Å²) in [4.78, 5) is 19.6. The summed E-state index contributed by atoms with van der Waals surface area (Å²) in [6, 6.07) is 9.27. The Kier molecular flexibility index (Phi) is 3.84. The fourth-order valence-electron chi connectivity index (χ4n) is 1.37. The molecule has 1 amide bonds. The molecule has 1 aromatic carbocycles. The Hall–Kier alpha value is -2.01. The van der Waals surface area contributed by atoms with Gasteiger partial charge in [-0.1, -0.05) is 34.6 Å². The third kappa shape index (κ3) is 3.01. The maximum absolute atomic E-state index is 11.2. The van der Waals surface area contributed by atoms with Gasteiger partial charge in [-0.05, 0) is 24.3 Å². The molecule has 1 N–H and O–H groups in total. The van der Waals surface area contributed by atoms with Gasteiger partial charge in [0.25, 0.3) is 0 Å². The first-order valence-electron chi connectivity index (χ1n) is 5.21. The highest BCUT2D eigenvalue weighted by molar-refractivity contribution is 9.10. The summed E-state index contributed by atoms with van der Waals surface area (Å²) in [5, 5.41) is 2.60. The van der Waals surface area contributed by atoms with Crippen LogP contribution in [0.4, 0.5) is 5.82 Å². The molecule has 0 bridgehead atoms. The molecule has 90 valence electrons. The van der Waals surface area contributed by atoms with E-state index in [1.165, 1.54) is 6.08 Å². The van der Waals surface area contributed by atoms with Gasteiger partial charge in [0.2, 0.25) is 5.91 Å². The lowest BCUT2D eigenvalue weighted by Gasteiger charge is -2.04. The number of halogens is 1. The van der Waals surface area contributed by atoms with Crippen LogP contribution in [0.2, 0.25) is 0 Å². The van der Waals surface area contributed by atoms with Crippen LogP contribution in [-0.4, -0.2) is 15.9 Å². The monoisotopic (exact) mass is 303 g/mol. The number of benzene rings is 1. The van der Waals surface area contributed by atoms with E-state index in [0.717, 1.165) is 10.0 Å². The molecule has 0 atom stereocenters. The molecule has 1 aromatic heterocycles. The van der Waals surface area contributed by atoms with Crippen LogP contribution in [0.3, 0.4) is 0 Å². The van der Waals surface area contributed by atoms with Crippen molar-refractivity contribution >= 4 is 27.7 Å². The fraction of sp³-hybridized carbons (Fsp3) is 0. The molecule has 0 aliphatic rings. The molecule has 4 nitrogen and oxygen atoms in total. The van der Waals surface area contributed by atoms with Gasteiger partial charge in [-0.15, -0.1) is 0 Å². The van der Waals surface area contributed by atoms with Crippen molar-refractivity contribution in [2.75, 3.05) is 5.32 Å². The van der Waals surface area contributed by atoms with Crippen LogP contribution in [0, 0.1) is 0 Å². The lowest BCUT2D eigenvalue weighted by molar-refractivity contribution is -0.111. The van der Waals surface area contributed by atoms with E-state index in [0.29, 0.717) is 11.6 Å². The Morgan fingerprint density at radius 3 is 2.94 bits per heavy atom. The lowest BCUT2D eigenvalue weighted by Crippen LogP contribution is -2.09. The number of carbonyl (C=O) groups excluding carboxylic acids is 1. The molecule has 0 radical (unpaired) electrons. The van der Waals surface area contributed by atoms with E-state index in [1.807, 2.05) is 24.3 Å². The molecule has 0 saturated carbocycles. The molecule has 0 fully saturated rings. The minimum atomic E-state index is -0.297. The van der Waals surface area contributed by atoms with E-state index in [9.17, 15) is 4.79 Å². The molecule has 0 aliphatic carbocycles. The number of nitrogens with zero attached hydrogens (tertiary/aromatic N) is 2. The van der Waals surface area contributed by atoms with Gasteiger partial charge in [-0.2, -0.15) is 0 Å². The molecular weight excluding hydrogens is 294 g/mol. The van der Waals surface area contributed by atoms with E-state index in [4.69, 9.17) is 0 Å². The minimum absolute atomic E-state index is 0.297. The Balaban J connectivity index is 2.32. The van der Waals surface area contributed by atoms with Crippen LogP contribution in [0.5, 0.6) is 0 Å². The van der Waals surface area contributed by atoms with Crippen molar-refractivity contribution in [1.82, 2.24) is 9.97 Å². The number of aromatic nitrogens is 2. The summed E-state index contributed by atoms with van der Waals surface area (Å²) in [5.41, 5.74) is 0.874. The summed E-state index contributed by atoms with van der Waals surface area (Å²) in [5.74, 6) is 0.705. The van der Waals surface area contributed by atoms with Crippen molar-refractivity contribution < 1.29 is 4.79 Å². The molecule has 0 aliphatic heterocycles. The molecule has 0 spiro atoms. The second-order valence-corrected chi connectivity index (χ2v) is 4.38. The molecular formula is C13H10BrN3O. The molecule has 1 heterocycles. The fourth-order valence-corrected chi connectivity index (χ4v) is 1.77. The highest BCUT2D eigenvalue weighted by Gasteiger charge is 2.04. The van der Waals surface area contributed by atoms with Crippen LogP contribution in [0.15, 0.2) is 53.7 Å². The van der Waals surface area contributed by atoms with Crippen molar-refractivity contribution in [3.63, 3.8) is 0 Å². The van der Waals surface area contributed by atoms with Crippen molar-refractivity contribution in [2.45, 2.75) is 0 Å². The molecule has 0 unspecified atom stereocenters. The van der Waals surface area contributed by atoms with E-state index in [2.05, 4.69) is 37.8 Å². The number of hydrogen-bond acceptors (Lipinski definition) is 3. The maximum Gasteiger partial charge on any atom is 0.248 e. The van der Waals surface area contributed by atoms with Crippen LogP contribution < -0.4 is 5.32 Å². The SMILES string of the molecule is C=CC(=O)Nc1ccnc(-c2cccc(Br)c2)n1. The second kappa shape index (κ2) is 5.55. The third-order valence-corrected chi connectivity index (χ3v) is 2.67. The van der Waals surface area contributed by atoms with Gasteiger partial charge in [-0.25, -0.2) is 9.97 Å². The lowest BCUT2D eigenvalue weighted by atomic mass is 10.2. The second-order valence-electron chi connectivity index (χ2n) is 3.47. The number of hydrogen-bond donors (Lipinski definition) is 1. The molecule has 2 rings (SSSR count). The van der Waals surface area contributed by atoms with Crippen molar-refractivity contribution in [2.24, 2.45) is 0 Å². The maximum atomic E-state index is 11.2. The predicted octanol–water partition coefficient (Wildman–Crippen LogP) is 3.03. The van der Waals surface area contributed by atoms with E-state index < -0.39 is 0 Å². The van der Waals surface area contributed by atoms with Crippen molar-refractivity contribution in [3.8, 4) is 11.4 Å². The zero-order valence-corrected chi connectivity index (χ0v) is 11.0. The quantitative estimate of drug-likeness (QED) is 0.887. The van der Waals surface area contributed by atoms with Crippen LogP contribution in [0.1, 0.15) is 0 Å². The van der Waals surface area contributed by atoms with Crippen LogP contribution in [0.25, 0.3) is 11.4 Å². The summed E-state index contributed by atoms with van der Waals surface area (Å²) in [7, 11) is 0. The Bertz CT molecular complexity index is 598. The number of rotatable bonds is 3. The van der Waals surface area contributed by atoms with Crippen LogP contribution in [-0.2, 0) is 4.79 Å². The highest BCUT2D eigenvalue weighted by Crippen LogP contribution is 2.20. The first-order valence-corrected chi connectivity index (χ1v) is 6.01. The van der Waals surface area contributed by atoms with Gasteiger partial charge >= 0.3 is 0 Å². The largest absolute Gasteiger partial charge is 0.307 e. The summed E-state index contributed by atoms with van der Waals surface area (Å²) in [6.07, 6.45) is 2.79. The Labute approximate surface area is 113 Å². The van der Waals surface area contributed by atoms with Gasteiger partial charge in [0.05, 0.1) is 0 Å². The van der Waals surface area contributed by atoms with Gasteiger partial charge in [-0.3, -0.25) is 4.79 Å². The van der Waals surface area contributed by atoms with Crippen molar-refractivity contribution in [3.05, 3.63) is 53.7 Å². The Morgan fingerprint density at radius 1 is 1.39 bits per heavy atom. The van der Waals surface area contributed by atoms with Gasteiger partial charge < -0.3 is 5.32 Å². The molecule has 18 heavy (non-hydrogen) atoms. The first kappa shape index (κ1) is 12.4. The predicted molar refractivity (Wildman–Crippen MR) is 74.0 cm³/mol. The van der Waals surface area contributed by atoms with Gasteiger partial charge in [0.1, 0.15) is 5.82 Å². The summed E-state index contributed by atoms with van der Waals surface area (Å²) >= 11 is 3.39. The average molecular weight is 304 g/mol. The van der Waals surface area contributed by atoms with E-state index in [-0.39, 0.29) is 5.91 Å². The molecule has 2 aromatic rings. The zero-order valence-electron chi connectivity index (χ0n) is 9.43. The standard InChI is InChI=1S/C13H10BrN3O/c1-2-12(18)16-11-6-7-15-13(17-11)9-4-3-5-10(14)8-9/h2-8H,1H2,(H,15,16,17,18). The van der Waals surface area contributed by atoms with Crippen LogP contribution >= 0.6 is 15.9 Å². The van der Waals surface area contributed by atoms with E-state index >= 15 is 0 Å². The topological polar surface area (TPSA) is 54.9 Å². The highest BCUT2D eigenvalue weighted by atomic mass is 79.9. The number of amides is 1. The number of carbonyl (C=O) groups is 1. The number of anilines is 1. The summed E-state index contributed by atoms with van der Waals surface area (Å²) < 4.78 is 0.948. The van der Waals surface area contributed by atoms with Gasteiger partial charge in [0.15, 0.2) is 5.82 Å². The normalized spacial score (nSPS) is 9.83. The number of nitrogens with one attached hydrogen (secondary N) is 1. The summed E-state index contributed by atoms with van der Waals surface area (Å²) in [6.45, 7) is 3.39.